The van der Waals surface area contributed by atoms with E-state index in [0.717, 1.165) is 22.9 Å². The molecule has 0 radical (unpaired) electrons. The van der Waals surface area contributed by atoms with Crippen LogP contribution in [0.3, 0.4) is 0 Å². The third kappa shape index (κ3) is 8.15. The Balaban J connectivity index is 1.34. The second kappa shape index (κ2) is 12.5. The molecule has 4 rings (SSSR count). The molecule has 0 saturated carbocycles. The number of hydrogen-bond acceptors (Lipinski definition) is 6. The van der Waals surface area contributed by atoms with Crippen molar-refractivity contribution in [2.75, 3.05) is 13.1 Å². The highest BCUT2D eigenvalue weighted by atomic mass is 19.1. The predicted molar refractivity (Wildman–Crippen MR) is 148 cm³/mol. The molecule has 8 nitrogen and oxygen atoms in total. The molecular weight excluding hydrogens is 532 g/mol. The molecule has 2 heterocycles. The molecule has 0 N–H and O–H groups in total. The SMILES string of the molecule is CC(C)(C)OC(=O)N1CCC(C(=O)CCC(=O)c2cccc(Cn3nc(-c4cc(F)cc(F)c4)ccc3=O)c2)CC1. The number of halogens is 2. The molecule has 0 aliphatic carbocycles. The van der Waals surface area contributed by atoms with Crippen molar-refractivity contribution in [3.05, 3.63) is 87.7 Å². The van der Waals surface area contributed by atoms with Gasteiger partial charge in [0.25, 0.3) is 5.56 Å². The fraction of sp³-hybridized carbons (Fsp3) is 0.387. The van der Waals surface area contributed by atoms with E-state index in [-0.39, 0.29) is 54.2 Å². The third-order valence-corrected chi connectivity index (χ3v) is 6.81. The van der Waals surface area contributed by atoms with E-state index in [2.05, 4.69) is 5.10 Å². The molecule has 2 aromatic carbocycles. The number of benzene rings is 2. The number of hydrogen-bond donors (Lipinski definition) is 0. The van der Waals surface area contributed by atoms with Gasteiger partial charge in [-0.2, -0.15) is 5.10 Å². The van der Waals surface area contributed by atoms with E-state index in [0.29, 0.717) is 37.1 Å². The smallest absolute Gasteiger partial charge is 0.410 e. The van der Waals surface area contributed by atoms with Gasteiger partial charge in [0, 0.05) is 55.1 Å². The summed E-state index contributed by atoms with van der Waals surface area (Å²) < 4.78 is 33.9. The van der Waals surface area contributed by atoms with Crippen molar-refractivity contribution < 1.29 is 27.9 Å². The summed E-state index contributed by atoms with van der Waals surface area (Å²) in [5, 5.41) is 4.25. The summed E-state index contributed by atoms with van der Waals surface area (Å²) in [7, 11) is 0. The minimum atomic E-state index is -0.754. The standard InChI is InChI=1S/C31H33F2N3O5/c1-31(2,3)41-30(40)35-13-11-21(12-14-35)27(37)8-9-28(38)22-6-4-5-20(15-22)19-36-29(39)10-7-26(34-36)23-16-24(32)18-25(33)17-23/h4-7,10,15-18,21H,8-9,11-14,19H2,1-3H3. The first-order chi connectivity index (χ1) is 19.4. The first-order valence-corrected chi connectivity index (χ1v) is 13.6. The van der Waals surface area contributed by atoms with E-state index in [4.69, 9.17) is 4.74 Å². The Hall–Kier alpha value is -4.21. The van der Waals surface area contributed by atoms with Crippen LogP contribution >= 0.6 is 0 Å². The molecule has 1 saturated heterocycles. The fourth-order valence-electron chi connectivity index (χ4n) is 4.73. The number of carbonyl (C=O) groups excluding carboxylic acids is 3. The number of rotatable bonds is 8. The maximum atomic E-state index is 13.7. The number of aromatic nitrogens is 2. The van der Waals surface area contributed by atoms with E-state index < -0.39 is 22.8 Å². The number of ketones is 2. The molecule has 10 heteroatoms. The molecule has 1 fully saturated rings. The molecule has 1 aliphatic rings. The summed E-state index contributed by atoms with van der Waals surface area (Å²) in [6.45, 7) is 6.33. The Labute approximate surface area is 236 Å². The maximum absolute atomic E-state index is 13.7. The predicted octanol–water partition coefficient (Wildman–Crippen LogP) is 5.42. The summed E-state index contributed by atoms with van der Waals surface area (Å²) in [5.74, 6) is -1.91. The van der Waals surface area contributed by atoms with Crippen molar-refractivity contribution >= 4 is 17.7 Å². The van der Waals surface area contributed by atoms with Gasteiger partial charge in [0.05, 0.1) is 12.2 Å². The highest BCUT2D eigenvalue weighted by molar-refractivity contribution is 5.98. The van der Waals surface area contributed by atoms with E-state index in [9.17, 15) is 28.0 Å². The maximum Gasteiger partial charge on any atom is 0.410 e. The fourth-order valence-corrected chi connectivity index (χ4v) is 4.73. The molecule has 0 bridgehead atoms. The van der Waals surface area contributed by atoms with Gasteiger partial charge in [0.1, 0.15) is 23.0 Å². The lowest BCUT2D eigenvalue weighted by Gasteiger charge is -2.32. The molecular formula is C31H33F2N3O5. The van der Waals surface area contributed by atoms with Crippen LogP contribution in [0.5, 0.6) is 0 Å². The third-order valence-electron chi connectivity index (χ3n) is 6.81. The van der Waals surface area contributed by atoms with Crippen LogP contribution in [0.1, 0.15) is 62.4 Å². The molecule has 1 amide bonds. The van der Waals surface area contributed by atoms with Crippen molar-refractivity contribution in [1.29, 1.82) is 0 Å². The van der Waals surface area contributed by atoms with Crippen molar-refractivity contribution in [2.24, 2.45) is 5.92 Å². The molecule has 0 atom stereocenters. The van der Waals surface area contributed by atoms with Gasteiger partial charge >= 0.3 is 6.09 Å². The van der Waals surface area contributed by atoms with Crippen LogP contribution < -0.4 is 5.56 Å². The van der Waals surface area contributed by atoms with Crippen molar-refractivity contribution in [3.63, 3.8) is 0 Å². The second-order valence-electron chi connectivity index (χ2n) is 11.2. The minimum Gasteiger partial charge on any atom is -0.444 e. The lowest BCUT2D eigenvalue weighted by atomic mass is 9.89. The number of nitrogens with zero attached hydrogens (tertiary/aromatic N) is 3. The second-order valence-corrected chi connectivity index (χ2v) is 11.2. The average molecular weight is 566 g/mol. The Kier molecular flexibility index (Phi) is 9.10. The zero-order valence-corrected chi connectivity index (χ0v) is 23.4. The van der Waals surface area contributed by atoms with Crippen molar-refractivity contribution in [2.45, 2.75) is 58.6 Å². The molecule has 1 aliphatic heterocycles. The monoisotopic (exact) mass is 565 g/mol. The van der Waals surface area contributed by atoms with Crippen LogP contribution in [0.15, 0.2) is 59.4 Å². The molecule has 0 spiro atoms. The Morgan fingerprint density at radius 1 is 0.951 bits per heavy atom. The quantitative estimate of drug-likeness (QED) is 0.339. The summed E-state index contributed by atoms with van der Waals surface area (Å²) in [4.78, 5) is 52.0. The number of amides is 1. The van der Waals surface area contributed by atoms with E-state index in [1.54, 1.807) is 49.9 Å². The normalized spacial score (nSPS) is 14.1. The Bertz CT molecular complexity index is 1480. The molecule has 0 unspecified atom stereocenters. The van der Waals surface area contributed by atoms with Crippen LogP contribution in [-0.4, -0.2) is 51.0 Å². The van der Waals surface area contributed by atoms with Crippen molar-refractivity contribution in [3.8, 4) is 11.3 Å². The first-order valence-electron chi connectivity index (χ1n) is 13.6. The summed E-state index contributed by atoms with van der Waals surface area (Å²) in [5.41, 5.74) is 0.471. The van der Waals surface area contributed by atoms with Crippen LogP contribution in [0.4, 0.5) is 13.6 Å². The molecule has 216 valence electrons. The summed E-state index contributed by atoms with van der Waals surface area (Å²) in [6.07, 6.45) is 0.835. The van der Waals surface area contributed by atoms with E-state index >= 15 is 0 Å². The van der Waals surface area contributed by atoms with Gasteiger partial charge in [0.2, 0.25) is 0 Å². The Morgan fingerprint density at radius 3 is 2.29 bits per heavy atom. The number of carbonyl (C=O) groups is 3. The van der Waals surface area contributed by atoms with Gasteiger partial charge in [-0.05, 0) is 63.4 Å². The highest BCUT2D eigenvalue weighted by Gasteiger charge is 2.30. The minimum absolute atomic E-state index is 0.000281. The van der Waals surface area contributed by atoms with Gasteiger partial charge < -0.3 is 9.64 Å². The van der Waals surface area contributed by atoms with Crippen molar-refractivity contribution in [1.82, 2.24) is 14.7 Å². The van der Waals surface area contributed by atoms with Crippen LogP contribution in [0.2, 0.25) is 0 Å². The lowest BCUT2D eigenvalue weighted by Crippen LogP contribution is -2.43. The summed E-state index contributed by atoms with van der Waals surface area (Å²) in [6, 6.07) is 12.4. The zero-order chi connectivity index (χ0) is 29.7. The van der Waals surface area contributed by atoms with Gasteiger partial charge in [-0.25, -0.2) is 18.3 Å². The number of Topliss-reactive ketones (excluding diaryl/α,β-unsaturated/α-hetero) is 2. The van der Waals surface area contributed by atoms with Crippen LogP contribution in [0.25, 0.3) is 11.3 Å². The van der Waals surface area contributed by atoms with Gasteiger partial charge in [-0.3, -0.25) is 14.4 Å². The summed E-state index contributed by atoms with van der Waals surface area (Å²) >= 11 is 0. The van der Waals surface area contributed by atoms with Crippen LogP contribution in [-0.2, 0) is 16.1 Å². The van der Waals surface area contributed by atoms with Gasteiger partial charge in [0.15, 0.2) is 5.78 Å². The zero-order valence-electron chi connectivity index (χ0n) is 23.4. The number of likely N-dealkylation sites (tertiary alicyclic amines) is 1. The molecule has 3 aromatic rings. The highest BCUT2D eigenvalue weighted by Crippen LogP contribution is 2.23. The molecule has 41 heavy (non-hydrogen) atoms. The lowest BCUT2D eigenvalue weighted by molar-refractivity contribution is -0.124. The average Bonchev–Trinajstić information content (AvgIpc) is 2.91. The van der Waals surface area contributed by atoms with Gasteiger partial charge in [-0.15, -0.1) is 0 Å². The molecule has 1 aromatic heterocycles. The Morgan fingerprint density at radius 2 is 1.63 bits per heavy atom. The van der Waals surface area contributed by atoms with Crippen LogP contribution in [0, 0.1) is 17.6 Å². The van der Waals surface area contributed by atoms with Gasteiger partial charge in [-0.1, -0.05) is 18.2 Å². The van der Waals surface area contributed by atoms with E-state index in [1.165, 1.54) is 12.1 Å². The topological polar surface area (TPSA) is 98.6 Å². The number of piperidine rings is 1. The largest absolute Gasteiger partial charge is 0.444 e. The van der Waals surface area contributed by atoms with E-state index in [1.807, 2.05) is 0 Å². The number of ether oxygens (including phenoxy) is 1. The first kappa shape index (κ1) is 29.8.